The molecule has 2 N–H and O–H groups in total. The second-order valence-electron chi connectivity index (χ2n) is 5.37. The van der Waals surface area contributed by atoms with E-state index >= 15 is 0 Å². The fourth-order valence-corrected chi connectivity index (χ4v) is 4.41. The van der Waals surface area contributed by atoms with Crippen LogP contribution in [0.25, 0.3) is 0 Å². The second kappa shape index (κ2) is 6.87. The molecular formula is C15H25N3O2S. The van der Waals surface area contributed by atoms with Gasteiger partial charge in [0.15, 0.2) is 0 Å². The fourth-order valence-electron chi connectivity index (χ4n) is 2.91. The van der Waals surface area contributed by atoms with Crippen molar-refractivity contribution in [1.82, 2.24) is 9.21 Å². The van der Waals surface area contributed by atoms with Crippen molar-refractivity contribution < 1.29 is 8.42 Å². The summed E-state index contributed by atoms with van der Waals surface area (Å²) < 4.78 is 26.9. The molecule has 0 saturated carbocycles. The molecule has 0 spiro atoms. The van der Waals surface area contributed by atoms with E-state index in [0.717, 1.165) is 25.1 Å². The van der Waals surface area contributed by atoms with Crippen LogP contribution in [0.4, 0.5) is 0 Å². The number of nitrogens with two attached hydrogens (primary N) is 1. The van der Waals surface area contributed by atoms with Crippen LogP contribution in [0.5, 0.6) is 0 Å². The van der Waals surface area contributed by atoms with Crippen LogP contribution in [0.1, 0.15) is 25.8 Å². The third-order valence-electron chi connectivity index (χ3n) is 4.25. The Kier molecular flexibility index (Phi) is 5.37. The van der Waals surface area contributed by atoms with Crippen LogP contribution in [-0.4, -0.2) is 49.8 Å². The summed E-state index contributed by atoms with van der Waals surface area (Å²) in [6, 6.07) is 7.21. The van der Waals surface area contributed by atoms with Gasteiger partial charge in [0.2, 0.25) is 10.0 Å². The Morgan fingerprint density at radius 1 is 1.24 bits per heavy atom. The van der Waals surface area contributed by atoms with Crippen molar-refractivity contribution in [3.05, 3.63) is 29.8 Å². The van der Waals surface area contributed by atoms with Crippen molar-refractivity contribution in [1.29, 1.82) is 0 Å². The normalized spacial score (nSPS) is 20.3. The quantitative estimate of drug-likeness (QED) is 0.858. The maximum atomic E-state index is 12.7. The van der Waals surface area contributed by atoms with Crippen molar-refractivity contribution in [2.24, 2.45) is 5.73 Å². The molecule has 118 valence electrons. The minimum atomic E-state index is -3.38. The molecule has 1 aromatic carbocycles. The number of sulfonamides is 1. The molecule has 1 aliphatic rings. The second-order valence-corrected chi connectivity index (χ2v) is 7.31. The van der Waals surface area contributed by atoms with E-state index in [4.69, 9.17) is 5.73 Å². The van der Waals surface area contributed by atoms with Crippen LogP contribution in [0.2, 0.25) is 0 Å². The molecule has 0 radical (unpaired) electrons. The highest BCUT2D eigenvalue weighted by molar-refractivity contribution is 7.89. The molecule has 1 saturated heterocycles. The summed E-state index contributed by atoms with van der Waals surface area (Å²) in [5.74, 6) is 0. The predicted octanol–water partition coefficient (Wildman–Crippen LogP) is 1.25. The van der Waals surface area contributed by atoms with Gasteiger partial charge in [0.05, 0.1) is 4.90 Å². The Labute approximate surface area is 127 Å². The molecule has 1 heterocycles. The fraction of sp³-hybridized carbons (Fsp3) is 0.600. The molecule has 1 unspecified atom stereocenters. The summed E-state index contributed by atoms with van der Waals surface area (Å²) in [5, 5.41) is 0. The zero-order valence-electron chi connectivity index (χ0n) is 12.8. The molecule has 21 heavy (non-hydrogen) atoms. The summed E-state index contributed by atoms with van der Waals surface area (Å²) in [7, 11) is -3.38. The van der Waals surface area contributed by atoms with Gasteiger partial charge in [-0.3, -0.25) is 4.90 Å². The lowest BCUT2D eigenvalue weighted by Gasteiger charge is -2.26. The zero-order valence-corrected chi connectivity index (χ0v) is 13.6. The molecule has 1 aromatic rings. The Morgan fingerprint density at radius 2 is 1.86 bits per heavy atom. The van der Waals surface area contributed by atoms with Gasteiger partial charge < -0.3 is 5.73 Å². The molecule has 0 bridgehead atoms. The Morgan fingerprint density at radius 3 is 2.38 bits per heavy atom. The van der Waals surface area contributed by atoms with Crippen molar-refractivity contribution in [3.63, 3.8) is 0 Å². The molecule has 0 aromatic heterocycles. The summed E-state index contributed by atoms with van der Waals surface area (Å²) in [4.78, 5) is 2.69. The van der Waals surface area contributed by atoms with E-state index in [-0.39, 0.29) is 0 Å². The van der Waals surface area contributed by atoms with E-state index in [1.807, 2.05) is 0 Å². The Balaban J connectivity index is 2.13. The SMILES string of the molecule is CCN(CC)C1CCN(S(=O)(=O)c2ccc(CN)cc2)C1. The van der Waals surface area contributed by atoms with Crippen molar-refractivity contribution >= 4 is 10.0 Å². The lowest BCUT2D eigenvalue weighted by molar-refractivity contribution is 0.224. The highest BCUT2D eigenvalue weighted by atomic mass is 32.2. The smallest absolute Gasteiger partial charge is 0.243 e. The highest BCUT2D eigenvalue weighted by Crippen LogP contribution is 2.23. The average Bonchev–Trinajstić information content (AvgIpc) is 2.99. The molecule has 1 aliphatic heterocycles. The topological polar surface area (TPSA) is 66.6 Å². The Bertz CT molecular complexity index is 553. The summed E-state index contributed by atoms with van der Waals surface area (Å²) >= 11 is 0. The molecule has 1 fully saturated rings. The number of benzene rings is 1. The third kappa shape index (κ3) is 3.45. The highest BCUT2D eigenvalue weighted by Gasteiger charge is 2.34. The van der Waals surface area contributed by atoms with Gasteiger partial charge in [-0.25, -0.2) is 8.42 Å². The average molecular weight is 311 g/mol. The summed E-state index contributed by atoms with van der Waals surface area (Å²) in [6.45, 7) is 7.76. The standard InChI is InChI=1S/C15H25N3O2S/c1-3-17(4-2)14-9-10-18(12-14)21(19,20)15-7-5-13(11-16)6-8-15/h5-8,14H,3-4,9-12,16H2,1-2H3. The van der Waals surface area contributed by atoms with Crippen LogP contribution in [0, 0.1) is 0 Å². The lowest BCUT2D eigenvalue weighted by Crippen LogP contribution is -2.38. The third-order valence-corrected chi connectivity index (χ3v) is 6.13. The molecule has 2 rings (SSSR count). The predicted molar refractivity (Wildman–Crippen MR) is 84.4 cm³/mol. The van der Waals surface area contributed by atoms with Gasteiger partial charge in [-0.05, 0) is 37.2 Å². The first-order chi connectivity index (χ1) is 10.0. The number of hydrogen-bond donors (Lipinski definition) is 1. The minimum absolute atomic E-state index is 0.332. The van der Waals surface area contributed by atoms with Gasteiger partial charge in [0, 0.05) is 25.7 Å². The molecule has 1 atom stereocenters. The largest absolute Gasteiger partial charge is 0.326 e. The zero-order chi connectivity index (χ0) is 15.5. The van der Waals surface area contributed by atoms with Crippen molar-refractivity contribution in [2.45, 2.75) is 37.8 Å². The first kappa shape index (κ1) is 16.4. The molecular weight excluding hydrogens is 286 g/mol. The number of hydrogen-bond acceptors (Lipinski definition) is 4. The number of likely N-dealkylation sites (N-methyl/N-ethyl adjacent to an activating group) is 1. The minimum Gasteiger partial charge on any atom is -0.326 e. The molecule has 6 heteroatoms. The van der Waals surface area contributed by atoms with Crippen LogP contribution in [-0.2, 0) is 16.6 Å². The first-order valence-electron chi connectivity index (χ1n) is 7.56. The van der Waals surface area contributed by atoms with Gasteiger partial charge in [-0.2, -0.15) is 4.31 Å². The first-order valence-corrected chi connectivity index (χ1v) is 9.00. The van der Waals surface area contributed by atoms with Crippen LogP contribution in [0.15, 0.2) is 29.2 Å². The van der Waals surface area contributed by atoms with Gasteiger partial charge in [0.25, 0.3) is 0 Å². The van der Waals surface area contributed by atoms with Crippen LogP contribution >= 0.6 is 0 Å². The van der Waals surface area contributed by atoms with E-state index in [9.17, 15) is 8.42 Å². The molecule has 0 amide bonds. The van der Waals surface area contributed by atoms with Gasteiger partial charge in [-0.1, -0.05) is 26.0 Å². The number of rotatable bonds is 6. The van der Waals surface area contributed by atoms with Gasteiger partial charge in [0.1, 0.15) is 0 Å². The van der Waals surface area contributed by atoms with Crippen molar-refractivity contribution in [3.8, 4) is 0 Å². The lowest BCUT2D eigenvalue weighted by atomic mass is 10.2. The van der Waals surface area contributed by atoms with E-state index in [1.54, 1.807) is 28.6 Å². The monoisotopic (exact) mass is 311 g/mol. The van der Waals surface area contributed by atoms with Crippen LogP contribution in [0.3, 0.4) is 0 Å². The summed E-state index contributed by atoms with van der Waals surface area (Å²) in [6.07, 6.45) is 0.905. The van der Waals surface area contributed by atoms with E-state index < -0.39 is 10.0 Å². The molecule has 0 aliphatic carbocycles. The van der Waals surface area contributed by atoms with Crippen LogP contribution < -0.4 is 5.73 Å². The van der Waals surface area contributed by atoms with Gasteiger partial charge in [-0.15, -0.1) is 0 Å². The Hall–Kier alpha value is -0.950. The van der Waals surface area contributed by atoms with Gasteiger partial charge >= 0.3 is 0 Å². The molecule has 5 nitrogen and oxygen atoms in total. The number of nitrogens with zero attached hydrogens (tertiary/aromatic N) is 2. The maximum absolute atomic E-state index is 12.7. The van der Waals surface area contributed by atoms with E-state index in [0.29, 0.717) is 30.6 Å². The maximum Gasteiger partial charge on any atom is 0.243 e. The van der Waals surface area contributed by atoms with E-state index in [2.05, 4.69) is 18.7 Å². The van der Waals surface area contributed by atoms with E-state index in [1.165, 1.54) is 0 Å². The van der Waals surface area contributed by atoms with Crippen molar-refractivity contribution in [2.75, 3.05) is 26.2 Å². The summed E-state index contributed by atoms with van der Waals surface area (Å²) in [5.41, 5.74) is 6.49.